The van der Waals surface area contributed by atoms with Crippen LogP contribution in [0.25, 0.3) is 0 Å². The van der Waals surface area contributed by atoms with Crippen molar-refractivity contribution in [3.05, 3.63) is 71.5 Å². The largest absolute Gasteiger partial charge is 0.425 e. The molecule has 0 bridgehead atoms. The van der Waals surface area contributed by atoms with Crippen molar-refractivity contribution < 1.29 is 28.3 Å². The summed E-state index contributed by atoms with van der Waals surface area (Å²) in [5.41, 5.74) is 0.825. The molecule has 0 spiro atoms. The number of ketones is 1. The molecule has 2 aromatic rings. The molecule has 138 valence electrons. The van der Waals surface area contributed by atoms with Gasteiger partial charge in [0.05, 0.1) is 0 Å². The highest BCUT2D eigenvalue weighted by molar-refractivity contribution is 6.06. The average Bonchev–Trinajstić information content (AvgIpc) is 2.96. The van der Waals surface area contributed by atoms with E-state index < -0.39 is 29.8 Å². The molecule has 1 fully saturated rings. The summed E-state index contributed by atoms with van der Waals surface area (Å²) in [4.78, 5) is 49.2. The minimum absolute atomic E-state index is 0.0597. The van der Waals surface area contributed by atoms with Gasteiger partial charge in [0.1, 0.15) is 5.82 Å². The SMILES string of the molecule is O=C(CCCC(=O)N1C(=O)OC(=O)[C@@H]1c1ccccc1)c1ccc(F)cc1. The maximum absolute atomic E-state index is 12.9. The molecule has 1 aliphatic heterocycles. The minimum Gasteiger partial charge on any atom is -0.374 e. The Balaban J connectivity index is 1.62. The van der Waals surface area contributed by atoms with E-state index in [9.17, 15) is 23.6 Å². The first-order valence-electron chi connectivity index (χ1n) is 8.39. The minimum atomic E-state index is -1.11. The van der Waals surface area contributed by atoms with E-state index in [-0.39, 0.29) is 25.0 Å². The number of imide groups is 1. The number of cyclic esters (lactones) is 2. The van der Waals surface area contributed by atoms with Gasteiger partial charge in [0.2, 0.25) is 5.91 Å². The first kappa shape index (κ1) is 18.4. The van der Waals surface area contributed by atoms with Crippen molar-refractivity contribution in [1.82, 2.24) is 4.90 Å². The maximum atomic E-state index is 12.9. The van der Waals surface area contributed by atoms with Gasteiger partial charge >= 0.3 is 12.1 Å². The Morgan fingerprint density at radius 3 is 2.30 bits per heavy atom. The van der Waals surface area contributed by atoms with Gasteiger partial charge in [0.15, 0.2) is 11.8 Å². The molecule has 3 rings (SSSR count). The molecule has 7 heteroatoms. The second-order valence-corrected chi connectivity index (χ2v) is 6.05. The topological polar surface area (TPSA) is 80.8 Å². The number of ether oxygens (including phenoxy) is 1. The molecule has 1 heterocycles. The van der Waals surface area contributed by atoms with Gasteiger partial charge in [-0.05, 0) is 36.2 Å². The summed E-state index contributed by atoms with van der Waals surface area (Å²) >= 11 is 0. The predicted molar refractivity (Wildman–Crippen MR) is 92.1 cm³/mol. The Hall–Kier alpha value is -3.35. The third kappa shape index (κ3) is 4.08. The van der Waals surface area contributed by atoms with Gasteiger partial charge in [-0.3, -0.25) is 9.59 Å². The molecule has 0 N–H and O–H groups in total. The Labute approximate surface area is 154 Å². The Morgan fingerprint density at radius 1 is 0.963 bits per heavy atom. The Morgan fingerprint density at radius 2 is 1.63 bits per heavy atom. The Kier molecular flexibility index (Phi) is 5.40. The number of carbonyl (C=O) groups excluding carboxylic acids is 4. The molecule has 0 aromatic heterocycles. The van der Waals surface area contributed by atoms with Crippen molar-refractivity contribution in [1.29, 1.82) is 0 Å². The van der Waals surface area contributed by atoms with E-state index in [0.717, 1.165) is 4.90 Å². The fourth-order valence-corrected chi connectivity index (χ4v) is 2.87. The summed E-state index contributed by atoms with van der Waals surface area (Å²) in [6, 6.07) is 12.4. The molecular weight excluding hydrogens is 353 g/mol. The van der Waals surface area contributed by atoms with E-state index in [1.807, 2.05) is 0 Å². The van der Waals surface area contributed by atoms with Gasteiger partial charge in [0.25, 0.3) is 0 Å². The van der Waals surface area contributed by atoms with Crippen LogP contribution in [0, 0.1) is 5.82 Å². The van der Waals surface area contributed by atoms with Crippen LogP contribution in [0.4, 0.5) is 9.18 Å². The molecule has 2 amide bonds. The zero-order valence-corrected chi connectivity index (χ0v) is 14.3. The number of Topliss-reactive ketones (excluding diaryl/α,β-unsaturated/α-hetero) is 1. The molecule has 27 heavy (non-hydrogen) atoms. The van der Waals surface area contributed by atoms with Gasteiger partial charge in [-0.15, -0.1) is 0 Å². The number of halogens is 1. The smallest absolute Gasteiger partial charge is 0.374 e. The first-order chi connectivity index (χ1) is 13.0. The monoisotopic (exact) mass is 369 g/mol. The zero-order chi connectivity index (χ0) is 19.4. The van der Waals surface area contributed by atoms with Gasteiger partial charge in [0, 0.05) is 18.4 Å². The number of nitrogens with zero attached hydrogens (tertiary/aromatic N) is 1. The maximum Gasteiger partial charge on any atom is 0.425 e. The van der Waals surface area contributed by atoms with Crippen molar-refractivity contribution in [2.24, 2.45) is 0 Å². The van der Waals surface area contributed by atoms with Gasteiger partial charge in [-0.25, -0.2) is 18.9 Å². The molecule has 6 nitrogen and oxygen atoms in total. The third-order valence-corrected chi connectivity index (χ3v) is 4.21. The standard InChI is InChI=1S/C20H16FNO5/c21-15-11-9-13(10-12-15)16(23)7-4-8-17(24)22-18(19(25)27-20(22)26)14-5-2-1-3-6-14/h1-3,5-6,9-12,18H,4,7-8H2/t18-/m0/s1. The quantitative estimate of drug-likeness (QED) is 0.443. The van der Waals surface area contributed by atoms with Crippen LogP contribution in [-0.2, 0) is 14.3 Å². The van der Waals surface area contributed by atoms with E-state index in [1.165, 1.54) is 24.3 Å². The molecular formula is C20H16FNO5. The van der Waals surface area contributed by atoms with Crippen molar-refractivity contribution in [3.8, 4) is 0 Å². The molecule has 0 saturated carbocycles. The number of hydrogen-bond donors (Lipinski definition) is 0. The van der Waals surface area contributed by atoms with E-state index in [0.29, 0.717) is 11.1 Å². The van der Waals surface area contributed by atoms with Crippen molar-refractivity contribution >= 4 is 23.8 Å². The summed E-state index contributed by atoms with van der Waals surface area (Å²) in [5, 5.41) is 0. The van der Waals surface area contributed by atoms with Crippen LogP contribution in [0.5, 0.6) is 0 Å². The number of carbonyl (C=O) groups is 4. The van der Waals surface area contributed by atoms with Crippen LogP contribution in [0.15, 0.2) is 54.6 Å². The van der Waals surface area contributed by atoms with E-state index >= 15 is 0 Å². The highest BCUT2D eigenvalue weighted by Crippen LogP contribution is 2.29. The second-order valence-electron chi connectivity index (χ2n) is 6.05. The van der Waals surface area contributed by atoms with Crippen LogP contribution >= 0.6 is 0 Å². The van der Waals surface area contributed by atoms with Crippen molar-refractivity contribution in [3.63, 3.8) is 0 Å². The third-order valence-electron chi connectivity index (χ3n) is 4.21. The average molecular weight is 369 g/mol. The number of hydrogen-bond acceptors (Lipinski definition) is 5. The van der Waals surface area contributed by atoms with Gasteiger partial charge in [-0.2, -0.15) is 0 Å². The summed E-state index contributed by atoms with van der Waals surface area (Å²) in [5.74, 6) is -2.07. The summed E-state index contributed by atoms with van der Waals surface area (Å²) in [7, 11) is 0. The Bertz CT molecular complexity index is 879. The number of esters is 1. The normalized spacial score (nSPS) is 16.3. The van der Waals surface area contributed by atoms with Crippen LogP contribution in [0.3, 0.4) is 0 Å². The fourth-order valence-electron chi connectivity index (χ4n) is 2.87. The number of benzene rings is 2. The van der Waals surface area contributed by atoms with Crippen LogP contribution in [0.1, 0.15) is 41.2 Å². The van der Waals surface area contributed by atoms with Crippen LogP contribution in [-0.4, -0.2) is 28.7 Å². The van der Waals surface area contributed by atoms with Crippen LogP contribution < -0.4 is 0 Å². The molecule has 0 aliphatic carbocycles. The molecule has 0 radical (unpaired) electrons. The van der Waals surface area contributed by atoms with E-state index in [1.54, 1.807) is 30.3 Å². The second kappa shape index (κ2) is 7.90. The van der Waals surface area contributed by atoms with Gasteiger partial charge in [-0.1, -0.05) is 30.3 Å². The van der Waals surface area contributed by atoms with Gasteiger partial charge < -0.3 is 4.74 Å². The number of amides is 2. The fraction of sp³-hybridized carbons (Fsp3) is 0.200. The highest BCUT2D eigenvalue weighted by atomic mass is 19.1. The number of rotatable bonds is 6. The highest BCUT2D eigenvalue weighted by Gasteiger charge is 2.45. The van der Waals surface area contributed by atoms with Crippen molar-refractivity contribution in [2.45, 2.75) is 25.3 Å². The lowest BCUT2D eigenvalue weighted by atomic mass is 10.0. The summed E-state index contributed by atoms with van der Waals surface area (Å²) in [6.45, 7) is 0. The molecule has 2 aromatic carbocycles. The molecule has 1 saturated heterocycles. The van der Waals surface area contributed by atoms with Crippen LogP contribution in [0.2, 0.25) is 0 Å². The molecule has 1 atom stereocenters. The molecule has 0 unspecified atom stereocenters. The first-order valence-corrected chi connectivity index (χ1v) is 8.39. The molecule has 1 aliphatic rings. The predicted octanol–water partition coefficient (Wildman–Crippen LogP) is 3.43. The lowest BCUT2D eigenvalue weighted by molar-refractivity contribution is -0.138. The lowest BCUT2D eigenvalue weighted by Crippen LogP contribution is -2.34. The zero-order valence-electron chi connectivity index (χ0n) is 14.3. The van der Waals surface area contributed by atoms with E-state index in [2.05, 4.69) is 4.74 Å². The van der Waals surface area contributed by atoms with Crippen molar-refractivity contribution in [2.75, 3.05) is 0 Å². The van der Waals surface area contributed by atoms with E-state index in [4.69, 9.17) is 0 Å². The summed E-state index contributed by atoms with van der Waals surface area (Å²) < 4.78 is 17.5. The summed E-state index contributed by atoms with van der Waals surface area (Å²) in [6.07, 6.45) is -0.860. The lowest BCUT2D eigenvalue weighted by Gasteiger charge is -2.18.